The molecule has 0 aliphatic carbocycles. The number of allylic oxidation sites excluding steroid dienone is 1. The first-order chi connectivity index (χ1) is 18.1. The van der Waals surface area contributed by atoms with E-state index in [1.807, 2.05) is 55.3 Å². The van der Waals surface area contributed by atoms with E-state index in [1.54, 1.807) is 39.6 Å². The lowest BCUT2D eigenvalue weighted by atomic mass is 9.92. The monoisotopic (exact) mass is 536 g/mol. The number of benzene rings is 1. The van der Waals surface area contributed by atoms with E-state index in [0.29, 0.717) is 45.7 Å². The van der Waals surface area contributed by atoms with E-state index in [9.17, 15) is 9.59 Å². The number of carbonyl (C=O) groups is 2. The normalized spacial score (nSPS) is 16.9. The van der Waals surface area contributed by atoms with Crippen molar-refractivity contribution in [1.82, 2.24) is 15.2 Å². The number of amidine groups is 1. The Balaban J connectivity index is 1.71. The number of aliphatic imine (C=N–C) groups is 1. The topological polar surface area (TPSA) is 102 Å². The van der Waals surface area contributed by atoms with E-state index < -0.39 is 17.6 Å². The molecule has 4 rings (SSSR count). The van der Waals surface area contributed by atoms with Gasteiger partial charge in [0.2, 0.25) is 5.91 Å². The third-order valence-corrected chi connectivity index (χ3v) is 6.82. The van der Waals surface area contributed by atoms with Crippen molar-refractivity contribution in [3.63, 3.8) is 0 Å². The summed E-state index contributed by atoms with van der Waals surface area (Å²) in [6, 6.07) is 8.59. The van der Waals surface area contributed by atoms with Crippen molar-refractivity contribution < 1.29 is 23.8 Å². The zero-order chi connectivity index (χ0) is 27.4. The molecule has 1 aromatic heterocycles. The zero-order valence-electron chi connectivity index (χ0n) is 22.4. The second kappa shape index (κ2) is 11.3. The van der Waals surface area contributed by atoms with Crippen molar-refractivity contribution in [2.24, 2.45) is 4.99 Å². The van der Waals surface area contributed by atoms with Crippen LogP contribution < -0.4 is 14.8 Å². The second-order valence-corrected chi connectivity index (χ2v) is 10.6. The van der Waals surface area contributed by atoms with E-state index in [0.717, 1.165) is 5.56 Å². The molecule has 1 atom stereocenters. The van der Waals surface area contributed by atoms with Gasteiger partial charge in [-0.3, -0.25) is 9.78 Å². The largest absolute Gasteiger partial charge is 0.493 e. The average Bonchev–Trinajstić information content (AvgIpc) is 3.27. The fraction of sp³-hybridized carbons (Fsp3) is 0.357. The summed E-state index contributed by atoms with van der Waals surface area (Å²) in [4.78, 5) is 37.2. The van der Waals surface area contributed by atoms with Crippen LogP contribution in [0.5, 0.6) is 11.5 Å². The molecule has 1 aromatic carbocycles. The van der Waals surface area contributed by atoms with Gasteiger partial charge in [0, 0.05) is 30.2 Å². The van der Waals surface area contributed by atoms with Crippen LogP contribution >= 0.6 is 11.8 Å². The number of methoxy groups -OCH3 is 2. The summed E-state index contributed by atoms with van der Waals surface area (Å²) in [5, 5.41) is 5.53. The minimum atomic E-state index is -0.706. The predicted molar refractivity (Wildman–Crippen MR) is 146 cm³/mol. The maximum atomic E-state index is 13.6. The van der Waals surface area contributed by atoms with Crippen LogP contribution in [0, 0.1) is 0 Å². The van der Waals surface area contributed by atoms with Gasteiger partial charge < -0.3 is 24.4 Å². The Labute approximate surface area is 227 Å². The maximum absolute atomic E-state index is 13.6. The van der Waals surface area contributed by atoms with Gasteiger partial charge in [-0.25, -0.2) is 9.79 Å². The molecule has 38 heavy (non-hydrogen) atoms. The number of hydrogen-bond donors (Lipinski definition) is 1. The van der Waals surface area contributed by atoms with E-state index in [-0.39, 0.29) is 12.3 Å². The number of aromatic nitrogens is 1. The molecular weight excluding hydrogens is 504 g/mol. The molecule has 0 saturated carbocycles. The van der Waals surface area contributed by atoms with E-state index >= 15 is 0 Å². The molecule has 9 nitrogen and oxygen atoms in total. The first-order valence-electron chi connectivity index (χ1n) is 12.2. The molecule has 0 saturated heterocycles. The highest BCUT2D eigenvalue weighted by molar-refractivity contribution is 8.16. The van der Waals surface area contributed by atoms with Crippen molar-refractivity contribution in [3.05, 3.63) is 76.2 Å². The van der Waals surface area contributed by atoms with Crippen LogP contribution in [0.3, 0.4) is 0 Å². The van der Waals surface area contributed by atoms with Gasteiger partial charge in [0.25, 0.3) is 0 Å². The van der Waals surface area contributed by atoms with Crippen molar-refractivity contribution in [2.45, 2.75) is 52.3 Å². The quantitative estimate of drug-likeness (QED) is 0.484. The Morgan fingerprint density at radius 3 is 2.50 bits per heavy atom. The molecule has 1 N–H and O–H groups in total. The molecule has 2 aliphatic rings. The molecule has 3 heterocycles. The van der Waals surface area contributed by atoms with Gasteiger partial charge in [-0.15, -0.1) is 0 Å². The number of fused-ring (bicyclic) bond motifs is 1. The molecule has 0 radical (unpaired) electrons. The number of para-hydroxylation sites is 1. The van der Waals surface area contributed by atoms with E-state index in [1.165, 1.54) is 11.8 Å². The van der Waals surface area contributed by atoms with Crippen molar-refractivity contribution in [3.8, 4) is 11.5 Å². The highest BCUT2D eigenvalue weighted by atomic mass is 32.2. The van der Waals surface area contributed by atoms with Gasteiger partial charge in [0.15, 0.2) is 16.7 Å². The Kier molecular flexibility index (Phi) is 8.11. The summed E-state index contributed by atoms with van der Waals surface area (Å²) in [7, 11) is 3.13. The molecule has 2 aliphatic heterocycles. The Hall–Kier alpha value is -3.79. The van der Waals surface area contributed by atoms with Gasteiger partial charge in [0.05, 0.1) is 38.0 Å². The summed E-state index contributed by atoms with van der Waals surface area (Å²) < 4.78 is 17.1. The molecule has 200 valence electrons. The van der Waals surface area contributed by atoms with Crippen LogP contribution in [0.4, 0.5) is 0 Å². The maximum Gasteiger partial charge on any atom is 0.338 e. The number of hydrogen-bond acceptors (Lipinski definition) is 9. The fourth-order valence-corrected chi connectivity index (χ4v) is 5.28. The highest BCUT2D eigenvalue weighted by Crippen LogP contribution is 2.48. The molecule has 1 amide bonds. The van der Waals surface area contributed by atoms with Crippen LogP contribution in [-0.2, 0) is 20.9 Å². The number of thioether (sulfide) groups is 1. The summed E-state index contributed by atoms with van der Waals surface area (Å²) in [6.45, 7) is 7.65. The third-order valence-electron chi connectivity index (χ3n) is 5.93. The van der Waals surface area contributed by atoms with Crippen molar-refractivity contribution in [1.29, 1.82) is 0 Å². The summed E-state index contributed by atoms with van der Waals surface area (Å²) >= 11 is 1.41. The van der Waals surface area contributed by atoms with Gasteiger partial charge in [-0.2, -0.15) is 0 Å². The number of amides is 1. The van der Waals surface area contributed by atoms with Crippen LogP contribution in [0.15, 0.2) is 70.1 Å². The van der Waals surface area contributed by atoms with Crippen molar-refractivity contribution in [2.75, 3.05) is 14.2 Å². The van der Waals surface area contributed by atoms with Gasteiger partial charge in [0.1, 0.15) is 5.60 Å². The summed E-state index contributed by atoms with van der Waals surface area (Å²) in [6.07, 6.45) is 3.47. The lowest BCUT2D eigenvalue weighted by Crippen LogP contribution is -2.39. The van der Waals surface area contributed by atoms with E-state index in [2.05, 4.69) is 10.3 Å². The SMILES string of the molecule is COc1cccc([C@@H]2C(C(=O)OC(C)(C)C)=C(C)N=C3SC=C(CC(=O)NCc4ccncc4)N32)c1OC. The molecular formula is C28H32N4O5S. The Bertz CT molecular complexity index is 1310. The third kappa shape index (κ3) is 5.85. The Morgan fingerprint density at radius 1 is 1.11 bits per heavy atom. The first kappa shape index (κ1) is 27.3. The van der Waals surface area contributed by atoms with Crippen LogP contribution in [0.25, 0.3) is 0 Å². The molecule has 0 spiro atoms. The fourth-order valence-electron chi connectivity index (χ4n) is 4.31. The Morgan fingerprint density at radius 2 is 1.84 bits per heavy atom. The smallest absolute Gasteiger partial charge is 0.338 e. The number of nitrogens with one attached hydrogen (secondary N) is 1. The van der Waals surface area contributed by atoms with E-state index in [4.69, 9.17) is 19.2 Å². The number of carbonyl (C=O) groups excluding carboxylic acids is 2. The summed E-state index contributed by atoms with van der Waals surface area (Å²) in [5.41, 5.74) is 2.58. The van der Waals surface area contributed by atoms with Crippen molar-refractivity contribution >= 4 is 28.8 Å². The lowest BCUT2D eigenvalue weighted by Gasteiger charge is -2.37. The van der Waals surface area contributed by atoms with Crippen LogP contribution in [0.2, 0.25) is 0 Å². The molecule has 0 unspecified atom stereocenters. The highest BCUT2D eigenvalue weighted by Gasteiger charge is 2.43. The standard InChI is InChI=1S/C28H32N4O5S/c1-17-23(26(34)37-28(2,3)4)24(20-8-7-9-21(35-5)25(20)36-6)32-19(16-38-27(32)31-17)14-22(33)30-15-18-10-12-29-13-11-18/h7-13,16,24H,14-15H2,1-6H3,(H,30,33)/t24-/m1/s1. The molecule has 2 aromatic rings. The molecule has 10 heteroatoms. The molecule has 0 fully saturated rings. The minimum absolute atomic E-state index is 0.0978. The number of nitrogens with zero attached hydrogens (tertiary/aromatic N) is 3. The number of esters is 1. The number of rotatable bonds is 8. The number of pyridine rings is 1. The predicted octanol–water partition coefficient (Wildman–Crippen LogP) is 4.72. The minimum Gasteiger partial charge on any atom is -0.493 e. The lowest BCUT2D eigenvalue weighted by molar-refractivity contribution is -0.150. The average molecular weight is 537 g/mol. The summed E-state index contributed by atoms with van der Waals surface area (Å²) in [5.74, 6) is 0.388. The zero-order valence-corrected chi connectivity index (χ0v) is 23.2. The van der Waals surface area contributed by atoms with Crippen LogP contribution in [0.1, 0.15) is 51.3 Å². The second-order valence-electron chi connectivity index (χ2n) is 9.79. The first-order valence-corrected chi connectivity index (χ1v) is 13.0. The van der Waals surface area contributed by atoms with Gasteiger partial charge >= 0.3 is 5.97 Å². The van der Waals surface area contributed by atoms with Gasteiger partial charge in [-0.05, 0) is 56.9 Å². The van der Waals surface area contributed by atoms with Crippen LogP contribution in [-0.4, -0.2) is 46.7 Å². The van der Waals surface area contributed by atoms with Gasteiger partial charge in [-0.1, -0.05) is 23.9 Å². The number of ether oxygens (including phenoxy) is 3. The molecule has 0 bridgehead atoms.